The Hall–Kier alpha value is -3.22. The molecule has 1 atom stereocenters. The first-order valence-electron chi connectivity index (χ1n) is 9.68. The average molecular weight is 394 g/mol. The molecule has 29 heavy (non-hydrogen) atoms. The number of carbonyl (C=O) groups excluding carboxylic acids is 2. The average Bonchev–Trinajstić information content (AvgIpc) is 3.24. The lowest BCUT2D eigenvalue weighted by atomic mass is 10.1. The largest absolute Gasteiger partial charge is 0.351 e. The molecule has 1 aliphatic heterocycles. The van der Waals surface area contributed by atoms with Gasteiger partial charge in [0.25, 0.3) is 0 Å². The zero-order valence-corrected chi connectivity index (χ0v) is 16.5. The van der Waals surface area contributed by atoms with Gasteiger partial charge in [-0.05, 0) is 61.4 Å². The fourth-order valence-corrected chi connectivity index (χ4v) is 3.69. The molecule has 6 nitrogen and oxygen atoms in total. The highest BCUT2D eigenvalue weighted by molar-refractivity contribution is 5.96. The second-order valence-electron chi connectivity index (χ2n) is 7.56. The second kappa shape index (κ2) is 7.66. The number of amides is 2. The van der Waals surface area contributed by atoms with E-state index < -0.39 is 0 Å². The van der Waals surface area contributed by atoms with Gasteiger partial charge >= 0.3 is 0 Å². The monoisotopic (exact) mass is 394 g/mol. The number of carbonyl (C=O) groups is 2. The van der Waals surface area contributed by atoms with Crippen molar-refractivity contribution in [1.29, 1.82) is 0 Å². The van der Waals surface area contributed by atoms with Gasteiger partial charge < -0.3 is 14.8 Å². The van der Waals surface area contributed by atoms with Crippen LogP contribution in [0.5, 0.6) is 0 Å². The Balaban J connectivity index is 1.35. The summed E-state index contributed by atoms with van der Waals surface area (Å²) in [6.07, 6.45) is 2.31. The number of hydrogen-bond donors (Lipinski definition) is 1. The van der Waals surface area contributed by atoms with Crippen LogP contribution in [-0.2, 0) is 16.1 Å². The highest BCUT2D eigenvalue weighted by Crippen LogP contribution is 2.22. The number of aryl methyl sites for hydroxylation is 3. The topological polar surface area (TPSA) is 67.2 Å². The fraction of sp³-hybridized carbons (Fsp3) is 0.318. The second-order valence-corrected chi connectivity index (χ2v) is 7.56. The van der Waals surface area contributed by atoms with Gasteiger partial charge in [-0.1, -0.05) is 0 Å². The highest BCUT2D eigenvalue weighted by atomic mass is 19.1. The van der Waals surface area contributed by atoms with Gasteiger partial charge in [0, 0.05) is 31.6 Å². The van der Waals surface area contributed by atoms with E-state index in [1.165, 1.54) is 23.3 Å². The highest BCUT2D eigenvalue weighted by Gasteiger charge is 2.31. The molecular formula is C22H23FN4O2. The van der Waals surface area contributed by atoms with E-state index in [0.29, 0.717) is 25.2 Å². The van der Waals surface area contributed by atoms with Gasteiger partial charge in [0.05, 0.1) is 23.4 Å². The van der Waals surface area contributed by atoms with E-state index in [1.807, 2.05) is 4.57 Å². The summed E-state index contributed by atoms with van der Waals surface area (Å²) >= 11 is 0. The molecule has 0 bridgehead atoms. The van der Waals surface area contributed by atoms with Gasteiger partial charge in [-0.15, -0.1) is 0 Å². The summed E-state index contributed by atoms with van der Waals surface area (Å²) in [6.45, 7) is 5.03. The van der Waals surface area contributed by atoms with E-state index in [9.17, 15) is 14.0 Å². The molecule has 2 amide bonds. The van der Waals surface area contributed by atoms with E-state index in [-0.39, 0.29) is 30.1 Å². The molecule has 1 saturated heterocycles. The Morgan fingerprint density at radius 3 is 2.69 bits per heavy atom. The van der Waals surface area contributed by atoms with Gasteiger partial charge in [0.1, 0.15) is 5.82 Å². The van der Waals surface area contributed by atoms with Crippen LogP contribution in [0.3, 0.4) is 0 Å². The molecular weight excluding hydrogens is 371 g/mol. The zero-order chi connectivity index (χ0) is 20.5. The summed E-state index contributed by atoms with van der Waals surface area (Å²) in [7, 11) is 0. The Morgan fingerprint density at radius 2 is 1.93 bits per heavy atom. The minimum absolute atomic E-state index is 0.0756. The molecule has 2 aromatic carbocycles. The lowest BCUT2D eigenvalue weighted by Gasteiger charge is -2.17. The number of benzene rings is 2. The lowest BCUT2D eigenvalue weighted by molar-refractivity contribution is -0.122. The molecule has 0 saturated carbocycles. The lowest BCUT2D eigenvalue weighted by Crippen LogP contribution is -2.37. The minimum Gasteiger partial charge on any atom is -0.351 e. The van der Waals surface area contributed by atoms with Gasteiger partial charge in [-0.3, -0.25) is 9.59 Å². The standard InChI is InChI=1S/C22H23FN4O2/c1-14-9-19-20(10-15(14)2)26(13-24-19)8-7-21(28)25-17-11-22(29)27(12-17)18-5-3-16(23)4-6-18/h3-6,9-10,13,17H,7-8,11-12H2,1-2H3,(H,25,28). The third-order valence-electron chi connectivity index (χ3n) is 5.44. The molecule has 1 fully saturated rings. The molecule has 150 valence electrons. The fourth-order valence-electron chi connectivity index (χ4n) is 3.69. The Bertz CT molecular complexity index is 1070. The number of fused-ring (bicyclic) bond motifs is 1. The summed E-state index contributed by atoms with van der Waals surface area (Å²) in [5.74, 6) is -0.523. The predicted molar refractivity (Wildman–Crippen MR) is 109 cm³/mol. The molecule has 1 aromatic heterocycles. The normalized spacial score (nSPS) is 16.6. The van der Waals surface area contributed by atoms with Crippen LogP contribution in [0.15, 0.2) is 42.7 Å². The maximum Gasteiger partial charge on any atom is 0.229 e. The van der Waals surface area contributed by atoms with Crippen molar-refractivity contribution in [3.63, 3.8) is 0 Å². The van der Waals surface area contributed by atoms with Gasteiger partial charge in [-0.2, -0.15) is 0 Å². The van der Waals surface area contributed by atoms with E-state index in [4.69, 9.17) is 0 Å². The van der Waals surface area contributed by atoms with E-state index >= 15 is 0 Å². The SMILES string of the molecule is Cc1cc2ncn(CCC(=O)NC3CC(=O)N(c4ccc(F)cc4)C3)c2cc1C. The molecule has 4 rings (SSSR count). The summed E-state index contributed by atoms with van der Waals surface area (Å²) in [4.78, 5) is 30.7. The quantitative estimate of drug-likeness (QED) is 0.723. The summed E-state index contributed by atoms with van der Waals surface area (Å²) < 4.78 is 15.1. The van der Waals surface area contributed by atoms with Crippen LogP contribution in [-0.4, -0.2) is 34.0 Å². The Kier molecular flexibility index (Phi) is 5.05. The zero-order valence-electron chi connectivity index (χ0n) is 16.5. The number of imidazole rings is 1. The maximum absolute atomic E-state index is 13.1. The van der Waals surface area contributed by atoms with Crippen LogP contribution in [0, 0.1) is 19.7 Å². The molecule has 1 aliphatic rings. The number of rotatable bonds is 5. The first-order valence-corrected chi connectivity index (χ1v) is 9.68. The summed E-state index contributed by atoms with van der Waals surface area (Å²) in [6, 6.07) is 9.70. The van der Waals surface area contributed by atoms with Crippen molar-refractivity contribution in [2.24, 2.45) is 0 Å². The van der Waals surface area contributed by atoms with Crippen LogP contribution in [0.4, 0.5) is 10.1 Å². The molecule has 0 aliphatic carbocycles. The van der Waals surface area contributed by atoms with E-state index in [0.717, 1.165) is 11.0 Å². The van der Waals surface area contributed by atoms with Crippen molar-refractivity contribution in [2.75, 3.05) is 11.4 Å². The molecule has 2 heterocycles. The molecule has 1 unspecified atom stereocenters. The van der Waals surface area contributed by atoms with Crippen molar-refractivity contribution in [3.05, 3.63) is 59.7 Å². The third kappa shape index (κ3) is 3.99. The van der Waals surface area contributed by atoms with Crippen molar-refractivity contribution in [2.45, 2.75) is 39.3 Å². The van der Waals surface area contributed by atoms with Crippen molar-refractivity contribution in [3.8, 4) is 0 Å². The molecule has 3 aromatic rings. The van der Waals surface area contributed by atoms with Gasteiger partial charge in [0.15, 0.2) is 0 Å². The number of halogens is 1. The molecule has 0 radical (unpaired) electrons. The van der Waals surface area contributed by atoms with Crippen LogP contribution in [0.2, 0.25) is 0 Å². The molecule has 1 N–H and O–H groups in total. The minimum atomic E-state index is -0.345. The predicted octanol–water partition coefficient (Wildman–Crippen LogP) is 3.10. The molecule has 7 heteroatoms. The van der Waals surface area contributed by atoms with Crippen molar-refractivity contribution >= 4 is 28.5 Å². The van der Waals surface area contributed by atoms with Crippen LogP contribution >= 0.6 is 0 Å². The first-order chi connectivity index (χ1) is 13.9. The number of anilines is 1. The van der Waals surface area contributed by atoms with Crippen molar-refractivity contribution in [1.82, 2.24) is 14.9 Å². The summed E-state index contributed by atoms with van der Waals surface area (Å²) in [5, 5.41) is 2.94. The van der Waals surface area contributed by atoms with Crippen molar-refractivity contribution < 1.29 is 14.0 Å². The number of aromatic nitrogens is 2. The van der Waals surface area contributed by atoms with Gasteiger partial charge in [-0.25, -0.2) is 9.37 Å². The number of nitrogens with one attached hydrogen (secondary N) is 1. The summed E-state index contributed by atoms with van der Waals surface area (Å²) in [5.41, 5.74) is 4.96. The maximum atomic E-state index is 13.1. The first kappa shape index (κ1) is 19.1. The van der Waals surface area contributed by atoms with Gasteiger partial charge in [0.2, 0.25) is 11.8 Å². The smallest absolute Gasteiger partial charge is 0.229 e. The molecule has 0 spiro atoms. The number of nitrogens with zero attached hydrogens (tertiary/aromatic N) is 3. The van der Waals surface area contributed by atoms with Crippen LogP contribution in [0.1, 0.15) is 24.0 Å². The van der Waals surface area contributed by atoms with Crippen LogP contribution in [0.25, 0.3) is 11.0 Å². The number of hydrogen-bond acceptors (Lipinski definition) is 3. The third-order valence-corrected chi connectivity index (χ3v) is 5.44. The Morgan fingerprint density at radius 1 is 1.21 bits per heavy atom. The van der Waals surface area contributed by atoms with E-state index in [2.05, 4.69) is 36.3 Å². The van der Waals surface area contributed by atoms with E-state index in [1.54, 1.807) is 23.4 Å². The van der Waals surface area contributed by atoms with Crippen LogP contribution < -0.4 is 10.2 Å². The Labute approximate surface area is 168 Å².